The number of benzene rings is 1. The summed E-state index contributed by atoms with van der Waals surface area (Å²) in [5, 5.41) is 0. The largest absolute Gasteiger partial charge is 0.381 e. The second-order valence-corrected chi connectivity index (χ2v) is 8.82. The molecule has 0 fully saturated rings. The van der Waals surface area contributed by atoms with Crippen LogP contribution in [-0.2, 0) is 9.84 Å². The highest BCUT2D eigenvalue weighted by atomic mass is 32.2. The first-order chi connectivity index (χ1) is 13.2. The van der Waals surface area contributed by atoms with E-state index in [2.05, 4.69) is 15.0 Å². The molecule has 0 unspecified atom stereocenters. The first-order valence-electron chi connectivity index (χ1n) is 8.61. The van der Waals surface area contributed by atoms with Crippen LogP contribution in [-0.4, -0.2) is 34.0 Å². The zero-order valence-electron chi connectivity index (χ0n) is 15.7. The molecule has 0 spiro atoms. The van der Waals surface area contributed by atoms with Gasteiger partial charge in [0.25, 0.3) is 0 Å². The van der Waals surface area contributed by atoms with Crippen molar-refractivity contribution < 1.29 is 8.42 Å². The average Bonchev–Trinajstić information content (AvgIpc) is 3.06. The molecule has 28 heavy (non-hydrogen) atoms. The molecule has 0 radical (unpaired) electrons. The van der Waals surface area contributed by atoms with Crippen LogP contribution in [0.5, 0.6) is 0 Å². The number of nitrogens with zero attached hydrogens (tertiary/aromatic N) is 4. The standard InChI is InChI=1S/C20H19N5O2S/c1-12-4-5-14(28(3,26)27)8-16(12)18-11-25-10-17(23-19(21)20(25)24-18)15-6-7-22-9-13(15)2/h4-11H,1-3H3,(H2,21,23). The molecule has 4 aromatic rings. The molecule has 3 aromatic heterocycles. The number of hydrogen-bond acceptors (Lipinski definition) is 6. The van der Waals surface area contributed by atoms with Gasteiger partial charge < -0.3 is 10.1 Å². The van der Waals surface area contributed by atoms with Gasteiger partial charge in [-0.2, -0.15) is 0 Å². The van der Waals surface area contributed by atoms with Gasteiger partial charge in [0.2, 0.25) is 0 Å². The fraction of sp³-hybridized carbons (Fsp3) is 0.150. The Morgan fingerprint density at radius 2 is 1.68 bits per heavy atom. The number of nitrogen functional groups attached to an aromatic ring is 1. The van der Waals surface area contributed by atoms with E-state index in [0.717, 1.165) is 27.9 Å². The Balaban J connectivity index is 1.90. The molecular formula is C20H19N5O2S. The van der Waals surface area contributed by atoms with Crippen molar-refractivity contribution in [2.45, 2.75) is 18.7 Å². The average molecular weight is 393 g/mol. The molecular weight excluding hydrogens is 374 g/mol. The van der Waals surface area contributed by atoms with Gasteiger partial charge in [0.15, 0.2) is 21.3 Å². The van der Waals surface area contributed by atoms with Crippen LogP contribution in [0, 0.1) is 13.8 Å². The van der Waals surface area contributed by atoms with Gasteiger partial charge in [0, 0.05) is 42.2 Å². The second-order valence-electron chi connectivity index (χ2n) is 6.81. The summed E-state index contributed by atoms with van der Waals surface area (Å²) in [4.78, 5) is 13.4. The Morgan fingerprint density at radius 3 is 2.36 bits per heavy atom. The van der Waals surface area contributed by atoms with Crippen LogP contribution in [0.4, 0.5) is 5.82 Å². The summed E-state index contributed by atoms with van der Waals surface area (Å²) in [5.74, 6) is 0.303. The van der Waals surface area contributed by atoms with Crippen LogP contribution in [0.3, 0.4) is 0 Å². The zero-order valence-corrected chi connectivity index (χ0v) is 16.5. The molecule has 3 heterocycles. The molecule has 0 bridgehead atoms. The van der Waals surface area contributed by atoms with Crippen molar-refractivity contribution in [1.82, 2.24) is 19.4 Å². The quantitative estimate of drug-likeness (QED) is 0.574. The summed E-state index contributed by atoms with van der Waals surface area (Å²) in [6, 6.07) is 6.91. The lowest BCUT2D eigenvalue weighted by molar-refractivity contribution is 0.602. The SMILES string of the molecule is Cc1cnccc1-c1cn2cc(-c3cc(S(C)(=O)=O)ccc3C)nc2c(N)n1. The molecule has 1 aromatic carbocycles. The van der Waals surface area contributed by atoms with Crippen molar-refractivity contribution in [2.75, 3.05) is 12.0 Å². The van der Waals surface area contributed by atoms with Crippen LogP contribution in [0.1, 0.15) is 11.1 Å². The molecule has 8 heteroatoms. The first-order valence-corrected chi connectivity index (χ1v) is 10.5. The highest BCUT2D eigenvalue weighted by Gasteiger charge is 2.15. The van der Waals surface area contributed by atoms with E-state index in [1.807, 2.05) is 36.7 Å². The summed E-state index contributed by atoms with van der Waals surface area (Å²) in [6.45, 7) is 3.88. The minimum atomic E-state index is -3.31. The van der Waals surface area contributed by atoms with Gasteiger partial charge >= 0.3 is 0 Å². The maximum atomic E-state index is 11.9. The van der Waals surface area contributed by atoms with E-state index in [0.29, 0.717) is 17.2 Å². The van der Waals surface area contributed by atoms with Gasteiger partial charge in [-0.15, -0.1) is 0 Å². The first kappa shape index (κ1) is 18.1. The third-order valence-electron chi connectivity index (χ3n) is 4.67. The number of aryl methyl sites for hydroxylation is 2. The summed E-state index contributed by atoms with van der Waals surface area (Å²) < 4.78 is 25.7. The van der Waals surface area contributed by atoms with Gasteiger partial charge in [-0.3, -0.25) is 4.98 Å². The molecule has 0 aliphatic heterocycles. The highest BCUT2D eigenvalue weighted by molar-refractivity contribution is 7.90. The Bertz CT molecular complexity index is 1330. The minimum Gasteiger partial charge on any atom is -0.381 e. The number of rotatable bonds is 3. The van der Waals surface area contributed by atoms with E-state index < -0.39 is 9.84 Å². The van der Waals surface area contributed by atoms with Crippen molar-refractivity contribution in [3.63, 3.8) is 0 Å². The number of fused-ring (bicyclic) bond motifs is 1. The summed E-state index contributed by atoms with van der Waals surface area (Å²) in [5.41, 5.74) is 11.6. The lowest BCUT2D eigenvalue weighted by atomic mass is 10.1. The van der Waals surface area contributed by atoms with E-state index >= 15 is 0 Å². The van der Waals surface area contributed by atoms with Crippen molar-refractivity contribution in [2.24, 2.45) is 0 Å². The Morgan fingerprint density at radius 1 is 0.964 bits per heavy atom. The normalized spacial score (nSPS) is 11.8. The van der Waals surface area contributed by atoms with E-state index in [4.69, 9.17) is 5.73 Å². The monoisotopic (exact) mass is 393 g/mol. The molecule has 0 saturated heterocycles. The van der Waals surface area contributed by atoms with E-state index in [-0.39, 0.29) is 4.90 Å². The number of hydrogen-bond donors (Lipinski definition) is 1. The van der Waals surface area contributed by atoms with E-state index in [1.165, 1.54) is 6.26 Å². The second kappa shape index (κ2) is 6.42. The Labute approximate surface area is 162 Å². The molecule has 2 N–H and O–H groups in total. The lowest BCUT2D eigenvalue weighted by Gasteiger charge is -2.06. The fourth-order valence-corrected chi connectivity index (χ4v) is 3.80. The Hall–Kier alpha value is -3.26. The maximum absolute atomic E-state index is 11.9. The van der Waals surface area contributed by atoms with Gasteiger partial charge in [-0.25, -0.2) is 18.4 Å². The molecule has 0 aliphatic rings. The maximum Gasteiger partial charge on any atom is 0.180 e. The predicted octanol–water partition coefficient (Wildman–Crippen LogP) is 3.06. The molecule has 0 saturated carbocycles. The highest BCUT2D eigenvalue weighted by Crippen LogP contribution is 2.29. The number of pyridine rings is 1. The van der Waals surface area contributed by atoms with Crippen LogP contribution in [0.2, 0.25) is 0 Å². The number of anilines is 1. The van der Waals surface area contributed by atoms with Crippen molar-refractivity contribution in [3.8, 4) is 22.5 Å². The van der Waals surface area contributed by atoms with Crippen molar-refractivity contribution in [1.29, 1.82) is 0 Å². The molecule has 7 nitrogen and oxygen atoms in total. The third kappa shape index (κ3) is 3.11. The number of aromatic nitrogens is 4. The summed E-state index contributed by atoms with van der Waals surface area (Å²) in [7, 11) is -3.31. The van der Waals surface area contributed by atoms with E-state index in [1.54, 1.807) is 30.6 Å². The number of nitrogens with two attached hydrogens (primary N) is 1. The van der Waals surface area contributed by atoms with Gasteiger partial charge in [-0.05, 0) is 43.2 Å². The van der Waals surface area contributed by atoms with Crippen molar-refractivity contribution in [3.05, 3.63) is 60.2 Å². The van der Waals surface area contributed by atoms with Crippen LogP contribution >= 0.6 is 0 Å². The van der Waals surface area contributed by atoms with Crippen molar-refractivity contribution >= 4 is 21.3 Å². The molecule has 0 amide bonds. The smallest absolute Gasteiger partial charge is 0.180 e. The Kier molecular flexibility index (Phi) is 4.15. The van der Waals surface area contributed by atoms with Gasteiger partial charge in [0.05, 0.1) is 16.3 Å². The van der Waals surface area contributed by atoms with E-state index in [9.17, 15) is 8.42 Å². The predicted molar refractivity (Wildman–Crippen MR) is 109 cm³/mol. The number of imidazole rings is 1. The number of sulfone groups is 1. The topological polar surface area (TPSA) is 103 Å². The minimum absolute atomic E-state index is 0.254. The molecule has 4 rings (SSSR count). The zero-order chi connectivity index (χ0) is 20.1. The molecule has 142 valence electrons. The summed E-state index contributed by atoms with van der Waals surface area (Å²) >= 11 is 0. The lowest BCUT2D eigenvalue weighted by Crippen LogP contribution is -1.99. The van der Waals surface area contributed by atoms with Crippen LogP contribution < -0.4 is 5.73 Å². The van der Waals surface area contributed by atoms with Gasteiger partial charge in [-0.1, -0.05) is 6.07 Å². The molecule has 0 aliphatic carbocycles. The third-order valence-corrected chi connectivity index (χ3v) is 5.78. The molecule has 0 atom stereocenters. The fourth-order valence-electron chi connectivity index (χ4n) is 3.15. The van der Waals surface area contributed by atoms with Gasteiger partial charge in [0.1, 0.15) is 0 Å². The van der Waals surface area contributed by atoms with Crippen LogP contribution in [0.15, 0.2) is 53.9 Å². The summed E-state index contributed by atoms with van der Waals surface area (Å²) in [6.07, 6.45) is 8.37. The van der Waals surface area contributed by atoms with Crippen LogP contribution in [0.25, 0.3) is 28.2 Å².